The Labute approximate surface area is 159 Å². The number of rotatable bonds is 7. The monoisotopic (exact) mass is 368 g/mol. The molecule has 0 aromatic heterocycles. The van der Waals surface area contributed by atoms with Crippen molar-refractivity contribution in [3.63, 3.8) is 0 Å². The molecule has 0 radical (unpaired) electrons. The van der Waals surface area contributed by atoms with Gasteiger partial charge in [-0.15, -0.1) is 0 Å². The summed E-state index contributed by atoms with van der Waals surface area (Å²) in [6.07, 6.45) is 3.29. The third-order valence-electron chi connectivity index (χ3n) is 4.42. The average molecular weight is 368 g/mol. The first-order valence-electron chi connectivity index (χ1n) is 8.73. The van der Waals surface area contributed by atoms with Crippen molar-refractivity contribution in [1.29, 1.82) is 0 Å². The van der Waals surface area contributed by atoms with Crippen LogP contribution >= 0.6 is 0 Å². The summed E-state index contributed by atoms with van der Waals surface area (Å²) in [6.45, 7) is 0.740. The molecular weight excluding hydrogens is 344 g/mol. The summed E-state index contributed by atoms with van der Waals surface area (Å²) >= 11 is 0. The Hall–Kier alpha value is -2.99. The topological polar surface area (TPSA) is 60.0 Å². The Bertz CT molecular complexity index is 815. The SMILES string of the molecule is COc1ccc(C(CNC(=O)/C=C/c2ccc3c(c2)OCO3)N(C)C)cc1. The molecule has 0 saturated heterocycles. The second kappa shape index (κ2) is 8.60. The van der Waals surface area contributed by atoms with Gasteiger partial charge in [0.2, 0.25) is 12.7 Å². The molecule has 1 aliphatic heterocycles. The lowest BCUT2D eigenvalue weighted by molar-refractivity contribution is -0.116. The standard InChI is InChI=1S/C21H24N2O4/c1-23(2)18(16-6-8-17(25-3)9-7-16)13-22-21(24)11-5-15-4-10-19-20(12-15)27-14-26-19/h4-12,18H,13-14H2,1-3H3,(H,22,24)/b11-5+. The number of nitrogens with one attached hydrogen (secondary N) is 1. The molecule has 0 bridgehead atoms. The smallest absolute Gasteiger partial charge is 0.244 e. The molecule has 6 nitrogen and oxygen atoms in total. The third-order valence-corrected chi connectivity index (χ3v) is 4.42. The number of nitrogens with zero attached hydrogens (tertiary/aromatic N) is 1. The first kappa shape index (κ1) is 18.8. The predicted molar refractivity (Wildman–Crippen MR) is 104 cm³/mol. The van der Waals surface area contributed by atoms with Gasteiger partial charge in [0.15, 0.2) is 11.5 Å². The van der Waals surface area contributed by atoms with E-state index in [4.69, 9.17) is 14.2 Å². The van der Waals surface area contributed by atoms with Gasteiger partial charge < -0.3 is 24.4 Å². The highest BCUT2D eigenvalue weighted by molar-refractivity contribution is 5.91. The van der Waals surface area contributed by atoms with E-state index in [-0.39, 0.29) is 18.7 Å². The van der Waals surface area contributed by atoms with Crippen LogP contribution in [0.3, 0.4) is 0 Å². The van der Waals surface area contributed by atoms with Gasteiger partial charge in [0, 0.05) is 12.6 Å². The number of benzene rings is 2. The maximum absolute atomic E-state index is 12.2. The van der Waals surface area contributed by atoms with Crippen molar-refractivity contribution in [3.8, 4) is 17.2 Å². The van der Waals surface area contributed by atoms with Gasteiger partial charge >= 0.3 is 0 Å². The molecule has 0 saturated carbocycles. The zero-order valence-electron chi connectivity index (χ0n) is 15.8. The summed E-state index contributed by atoms with van der Waals surface area (Å²) in [6, 6.07) is 13.5. The minimum atomic E-state index is -0.145. The van der Waals surface area contributed by atoms with Crippen molar-refractivity contribution < 1.29 is 19.0 Å². The number of hydrogen-bond donors (Lipinski definition) is 1. The predicted octanol–water partition coefficient (Wildman–Crippen LogP) is 2.86. The molecular formula is C21H24N2O4. The number of likely N-dealkylation sites (N-methyl/N-ethyl adjacent to an activating group) is 1. The number of carbonyl (C=O) groups excluding carboxylic acids is 1. The molecule has 3 rings (SSSR count). The lowest BCUT2D eigenvalue weighted by Crippen LogP contribution is -2.33. The Morgan fingerprint density at radius 2 is 1.93 bits per heavy atom. The molecule has 1 amide bonds. The van der Waals surface area contributed by atoms with Crippen molar-refractivity contribution in [2.24, 2.45) is 0 Å². The average Bonchev–Trinajstić information content (AvgIpc) is 3.14. The number of ether oxygens (including phenoxy) is 3. The zero-order chi connectivity index (χ0) is 19.2. The number of hydrogen-bond acceptors (Lipinski definition) is 5. The van der Waals surface area contributed by atoms with Crippen LogP contribution in [-0.2, 0) is 4.79 Å². The van der Waals surface area contributed by atoms with E-state index in [0.717, 1.165) is 22.6 Å². The summed E-state index contributed by atoms with van der Waals surface area (Å²) in [5, 5.41) is 2.96. The Kier molecular flexibility index (Phi) is 5.98. The van der Waals surface area contributed by atoms with Crippen LogP contribution in [0.5, 0.6) is 17.2 Å². The Morgan fingerprint density at radius 3 is 2.63 bits per heavy atom. The van der Waals surface area contributed by atoms with Crippen molar-refractivity contribution in [2.45, 2.75) is 6.04 Å². The van der Waals surface area contributed by atoms with Gasteiger partial charge in [0.05, 0.1) is 13.2 Å². The van der Waals surface area contributed by atoms with Crippen LogP contribution in [0.25, 0.3) is 6.08 Å². The number of carbonyl (C=O) groups is 1. The fraction of sp³-hybridized carbons (Fsp3) is 0.286. The van der Waals surface area contributed by atoms with Gasteiger partial charge in [0.25, 0.3) is 0 Å². The van der Waals surface area contributed by atoms with E-state index in [1.807, 2.05) is 56.6 Å². The van der Waals surface area contributed by atoms with Crippen LogP contribution < -0.4 is 19.5 Å². The normalized spacial score (nSPS) is 13.8. The van der Waals surface area contributed by atoms with Gasteiger partial charge in [0.1, 0.15) is 5.75 Å². The van der Waals surface area contributed by atoms with Crippen LogP contribution in [-0.4, -0.2) is 45.3 Å². The van der Waals surface area contributed by atoms with Crippen molar-refractivity contribution in [3.05, 3.63) is 59.7 Å². The molecule has 2 aromatic carbocycles. The molecule has 1 N–H and O–H groups in total. The van der Waals surface area contributed by atoms with E-state index in [2.05, 4.69) is 10.2 Å². The lowest BCUT2D eigenvalue weighted by atomic mass is 10.1. The Balaban J connectivity index is 1.58. The summed E-state index contributed by atoms with van der Waals surface area (Å²) in [5.74, 6) is 2.09. The third kappa shape index (κ3) is 4.80. The summed E-state index contributed by atoms with van der Waals surface area (Å²) in [5.41, 5.74) is 1.99. The summed E-state index contributed by atoms with van der Waals surface area (Å²) in [7, 11) is 5.62. The number of fused-ring (bicyclic) bond motifs is 1. The molecule has 2 aromatic rings. The van der Waals surface area contributed by atoms with E-state index in [0.29, 0.717) is 12.3 Å². The fourth-order valence-corrected chi connectivity index (χ4v) is 2.87. The van der Waals surface area contributed by atoms with Gasteiger partial charge in [-0.2, -0.15) is 0 Å². The molecule has 1 atom stereocenters. The first-order valence-corrected chi connectivity index (χ1v) is 8.73. The van der Waals surface area contributed by atoms with Crippen molar-refractivity contribution in [2.75, 3.05) is 34.5 Å². The van der Waals surface area contributed by atoms with Gasteiger partial charge in [-0.05, 0) is 55.6 Å². The molecule has 1 heterocycles. The molecule has 0 spiro atoms. The molecule has 0 aliphatic carbocycles. The van der Waals surface area contributed by atoms with Crippen LogP contribution in [0.1, 0.15) is 17.2 Å². The molecule has 1 unspecified atom stereocenters. The van der Waals surface area contributed by atoms with Crippen molar-refractivity contribution in [1.82, 2.24) is 10.2 Å². The van der Waals surface area contributed by atoms with E-state index in [1.165, 1.54) is 6.08 Å². The molecule has 27 heavy (non-hydrogen) atoms. The van der Waals surface area contributed by atoms with Crippen LogP contribution in [0.4, 0.5) is 0 Å². The maximum Gasteiger partial charge on any atom is 0.244 e. The van der Waals surface area contributed by atoms with E-state index < -0.39 is 0 Å². The minimum absolute atomic E-state index is 0.0683. The second-order valence-electron chi connectivity index (χ2n) is 6.44. The van der Waals surface area contributed by atoms with Gasteiger partial charge in [-0.25, -0.2) is 0 Å². The molecule has 0 fully saturated rings. The number of methoxy groups -OCH3 is 1. The largest absolute Gasteiger partial charge is 0.497 e. The quantitative estimate of drug-likeness (QED) is 0.762. The van der Waals surface area contributed by atoms with E-state index >= 15 is 0 Å². The van der Waals surface area contributed by atoms with E-state index in [9.17, 15) is 4.79 Å². The number of amides is 1. The van der Waals surface area contributed by atoms with Gasteiger partial charge in [-0.3, -0.25) is 4.79 Å². The molecule has 1 aliphatic rings. The minimum Gasteiger partial charge on any atom is -0.497 e. The highest BCUT2D eigenvalue weighted by Gasteiger charge is 2.15. The van der Waals surface area contributed by atoms with Gasteiger partial charge in [-0.1, -0.05) is 18.2 Å². The molecule has 142 valence electrons. The highest BCUT2D eigenvalue weighted by atomic mass is 16.7. The zero-order valence-corrected chi connectivity index (χ0v) is 15.8. The highest BCUT2D eigenvalue weighted by Crippen LogP contribution is 2.32. The second-order valence-corrected chi connectivity index (χ2v) is 6.44. The molecule has 6 heteroatoms. The first-order chi connectivity index (χ1) is 13.1. The van der Waals surface area contributed by atoms with E-state index in [1.54, 1.807) is 13.2 Å². The van der Waals surface area contributed by atoms with Crippen LogP contribution in [0, 0.1) is 0 Å². The summed E-state index contributed by atoms with van der Waals surface area (Å²) in [4.78, 5) is 14.3. The lowest BCUT2D eigenvalue weighted by Gasteiger charge is -2.25. The summed E-state index contributed by atoms with van der Waals surface area (Å²) < 4.78 is 15.8. The van der Waals surface area contributed by atoms with Crippen molar-refractivity contribution >= 4 is 12.0 Å². The van der Waals surface area contributed by atoms with Crippen LogP contribution in [0.2, 0.25) is 0 Å². The fourth-order valence-electron chi connectivity index (χ4n) is 2.87. The van der Waals surface area contributed by atoms with Crippen LogP contribution in [0.15, 0.2) is 48.5 Å². The maximum atomic E-state index is 12.2. The Morgan fingerprint density at radius 1 is 1.19 bits per heavy atom.